The van der Waals surface area contributed by atoms with Gasteiger partial charge in [-0.1, -0.05) is 12.1 Å². The second-order valence-electron chi connectivity index (χ2n) is 7.42. The van der Waals surface area contributed by atoms with E-state index in [1.807, 2.05) is 0 Å². The van der Waals surface area contributed by atoms with Crippen molar-refractivity contribution in [2.24, 2.45) is 0 Å². The molecule has 9 nitrogen and oxygen atoms in total. The van der Waals surface area contributed by atoms with Crippen molar-refractivity contribution >= 4 is 27.1 Å². The van der Waals surface area contributed by atoms with Crippen molar-refractivity contribution in [3.05, 3.63) is 54.0 Å². The van der Waals surface area contributed by atoms with E-state index < -0.39 is 21.9 Å². The molecule has 2 N–H and O–H groups in total. The Balaban J connectivity index is 2.17. The van der Waals surface area contributed by atoms with Crippen molar-refractivity contribution in [1.29, 1.82) is 0 Å². The summed E-state index contributed by atoms with van der Waals surface area (Å²) >= 11 is 0. The van der Waals surface area contributed by atoms with E-state index in [1.54, 1.807) is 41.8 Å². The van der Waals surface area contributed by atoms with E-state index in [-0.39, 0.29) is 18.0 Å². The van der Waals surface area contributed by atoms with Gasteiger partial charge in [-0.2, -0.15) is 0 Å². The van der Waals surface area contributed by atoms with Crippen LogP contribution in [0, 0.1) is 6.92 Å². The Morgan fingerprint density at radius 2 is 2.03 bits per heavy atom. The van der Waals surface area contributed by atoms with Crippen molar-refractivity contribution in [3.63, 3.8) is 0 Å². The Labute approximate surface area is 191 Å². The largest absolute Gasteiger partial charge is 0.481 e. The Hall–Kier alpha value is -3.44. The van der Waals surface area contributed by atoms with Gasteiger partial charge in [-0.3, -0.25) is 0 Å². The third-order valence-electron chi connectivity index (χ3n) is 5.14. The predicted octanol–water partition coefficient (Wildman–Crippen LogP) is 3.39. The number of carboxylic acid groups (broad SMARTS) is 1. The van der Waals surface area contributed by atoms with Crippen molar-refractivity contribution in [3.8, 4) is 17.0 Å². The predicted molar refractivity (Wildman–Crippen MR) is 123 cm³/mol. The van der Waals surface area contributed by atoms with E-state index in [1.165, 1.54) is 27.3 Å². The molecule has 0 aliphatic rings. The number of allylic oxidation sites excluding steroid dienone is 1. The number of ether oxygens (including phenoxy) is 1. The van der Waals surface area contributed by atoms with Crippen LogP contribution >= 0.6 is 0 Å². The van der Waals surface area contributed by atoms with E-state index in [2.05, 4.69) is 10.3 Å². The van der Waals surface area contributed by atoms with Crippen molar-refractivity contribution in [1.82, 2.24) is 19.2 Å². The number of halogens is 1. The van der Waals surface area contributed by atoms with Crippen LogP contribution < -0.4 is 10.1 Å². The highest BCUT2D eigenvalue weighted by atomic mass is 32.2. The fourth-order valence-electron chi connectivity index (χ4n) is 3.47. The van der Waals surface area contributed by atoms with E-state index in [0.29, 0.717) is 33.7 Å². The number of rotatable bonds is 8. The number of methoxy groups -OCH3 is 1. The number of carbonyl (C=O) groups is 1. The summed E-state index contributed by atoms with van der Waals surface area (Å²) in [6.45, 7) is 1.48. The Morgan fingerprint density at radius 3 is 2.67 bits per heavy atom. The molecule has 0 spiro atoms. The number of benzene rings is 1. The monoisotopic (exact) mass is 476 g/mol. The molecule has 11 heteroatoms. The van der Waals surface area contributed by atoms with Gasteiger partial charge in [0.25, 0.3) is 0 Å². The van der Waals surface area contributed by atoms with Gasteiger partial charge < -0.3 is 19.7 Å². The minimum Gasteiger partial charge on any atom is -0.481 e. The first-order chi connectivity index (χ1) is 15.6. The number of nitrogens with zero attached hydrogens (tertiary/aromatic N) is 3. The fraction of sp³-hybridized carbons (Fsp3) is 0.273. The normalized spacial score (nSPS) is 12.4. The van der Waals surface area contributed by atoms with Crippen LogP contribution in [0.15, 0.2) is 53.2 Å². The summed E-state index contributed by atoms with van der Waals surface area (Å²) < 4.78 is 48.0. The van der Waals surface area contributed by atoms with Gasteiger partial charge in [0, 0.05) is 38.0 Å². The molecule has 1 amide bonds. The average molecular weight is 477 g/mol. The highest BCUT2D eigenvalue weighted by molar-refractivity contribution is 7.89. The van der Waals surface area contributed by atoms with Gasteiger partial charge in [-0.25, -0.2) is 26.9 Å². The lowest BCUT2D eigenvalue weighted by Crippen LogP contribution is -2.22. The maximum Gasteiger partial charge on any atom is 0.404 e. The molecule has 0 radical (unpaired) electrons. The number of fused-ring (bicyclic) bond motifs is 1. The number of nitrogens with one attached hydrogen (secondary N) is 1. The van der Waals surface area contributed by atoms with Crippen LogP contribution in [0.3, 0.4) is 0 Å². The molecule has 0 aliphatic carbocycles. The zero-order chi connectivity index (χ0) is 24.3. The zero-order valence-electron chi connectivity index (χ0n) is 18.7. The van der Waals surface area contributed by atoms with Gasteiger partial charge in [0.15, 0.2) is 0 Å². The van der Waals surface area contributed by atoms with Crippen LogP contribution in [0.25, 0.3) is 22.2 Å². The molecule has 1 aromatic carbocycles. The van der Waals surface area contributed by atoms with E-state index in [0.717, 1.165) is 10.4 Å². The molecule has 2 aromatic heterocycles. The van der Waals surface area contributed by atoms with E-state index >= 15 is 0 Å². The minimum absolute atomic E-state index is 0.124. The lowest BCUT2D eigenvalue weighted by molar-refractivity contribution is 0.195. The SMILES string of the molecule is COc1ccc2c(n1)c(-c1cccc(S(=O)(=O)N(C)C)c1)c(C)n2CC(F)=CCNC(=O)O. The average Bonchev–Trinajstić information content (AvgIpc) is 3.03. The summed E-state index contributed by atoms with van der Waals surface area (Å²) in [6, 6.07) is 9.89. The Morgan fingerprint density at radius 1 is 1.30 bits per heavy atom. The first-order valence-corrected chi connectivity index (χ1v) is 11.4. The molecule has 2 heterocycles. The van der Waals surface area contributed by atoms with Gasteiger partial charge in [-0.05, 0) is 36.8 Å². The smallest absolute Gasteiger partial charge is 0.404 e. The lowest BCUT2D eigenvalue weighted by Gasteiger charge is -2.12. The van der Waals surface area contributed by atoms with E-state index in [9.17, 15) is 17.6 Å². The molecular weight excluding hydrogens is 451 g/mol. The van der Waals surface area contributed by atoms with E-state index in [4.69, 9.17) is 9.84 Å². The number of hydrogen-bond donors (Lipinski definition) is 2. The first-order valence-electron chi connectivity index (χ1n) is 9.94. The van der Waals surface area contributed by atoms with Crippen molar-refractivity contribution < 1.29 is 27.4 Å². The molecule has 0 atom stereocenters. The number of amides is 1. The number of aromatic nitrogens is 2. The second kappa shape index (κ2) is 9.59. The summed E-state index contributed by atoms with van der Waals surface area (Å²) in [6.07, 6.45) is -0.0897. The maximum atomic E-state index is 14.6. The van der Waals surface area contributed by atoms with Crippen molar-refractivity contribution in [2.45, 2.75) is 18.4 Å². The van der Waals surface area contributed by atoms with Gasteiger partial charge >= 0.3 is 6.09 Å². The highest BCUT2D eigenvalue weighted by Crippen LogP contribution is 2.36. The molecule has 33 heavy (non-hydrogen) atoms. The minimum atomic E-state index is -3.66. The molecular formula is C22H25FN4O5S. The van der Waals surface area contributed by atoms with Gasteiger partial charge in [0.05, 0.1) is 24.1 Å². The maximum absolute atomic E-state index is 14.6. The Bertz CT molecular complexity index is 1330. The molecule has 0 unspecified atom stereocenters. The molecule has 0 fully saturated rings. The summed E-state index contributed by atoms with van der Waals surface area (Å²) in [5.41, 5.74) is 3.08. The first kappa shape index (κ1) is 24.2. The summed E-state index contributed by atoms with van der Waals surface area (Å²) in [4.78, 5) is 15.3. The molecule has 0 bridgehead atoms. The van der Waals surface area contributed by atoms with Crippen molar-refractivity contribution in [2.75, 3.05) is 27.7 Å². The van der Waals surface area contributed by atoms with Crippen LogP contribution in [0.1, 0.15) is 5.69 Å². The van der Waals surface area contributed by atoms with Crippen LogP contribution in [-0.4, -0.2) is 61.2 Å². The summed E-state index contributed by atoms with van der Waals surface area (Å²) in [5.74, 6) is -0.172. The molecule has 3 aromatic rings. The van der Waals surface area contributed by atoms with Crippen LogP contribution in [0.5, 0.6) is 5.88 Å². The molecule has 0 saturated heterocycles. The lowest BCUT2D eigenvalue weighted by atomic mass is 10.1. The van der Waals surface area contributed by atoms with Gasteiger partial charge in [0.2, 0.25) is 15.9 Å². The van der Waals surface area contributed by atoms with Crippen LogP contribution in [0.4, 0.5) is 9.18 Å². The highest BCUT2D eigenvalue weighted by Gasteiger charge is 2.22. The third kappa shape index (κ3) is 4.99. The number of pyridine rings is 1. The van der Waals surface area contributed by atoms with Gasteiger partial charge in [-0.15, -0.1) is 0 Å². The topological polar surface area (TPSA) is 114 Å². The second-order valence-corrected chi connectivity index (χ2v) is 9.57. The molecule has 0 aliphatic heterocycles. The Kier molecular flexibility index (Phi) is 7.04. The van der Waals surface area contributed by atoms with Crippen LogP contribution in [-0.2, 0) is 16.6 Å². The summed E-state index contributed by atoms with van der Waals surface area (Å²) in [7, 11) is 0.744. The number of sulfonamides is 1. The fourth-order valence-corrected chi connectivity index (χ4v) is 4.42. The van der Waals surface area contributed by atoms with Gasteiger partial charge in [0.1, 0.15) is 11.3 Å². The zero-order valence-corrected chi connectivity index (χ0v) is 19.5. The molecule has 3 rings (SSSR count). The standard InChI is InChI=1S/C22H25FN4O5S/c1-14-20(15-6-5-7-17(12-15)33(30,31)26(2)3)21-18(8-9-19(25-21)32-4)27(14)13-16(23)10-11-24-22(28)29/h5-10,12,24H,11,13H2,1-4H3,(H,28,29). The molecule has 176 valence electrons. The third-order valence-corrected chi connectivity index (χ3v) is 6.95. The molecule has 0 saturated carbocycles. The number of hydrogen-bond acceptors (Lipinski definition) is 5. The van der Waals surface area contributed by atoms with Crippen LogP contribution in [0.2, 0.25) is 0 Å². The summed E-state index contributed by atoms with van der Waals surface area (Å²) in [5, 5.41) is 10.8. The quantitative estimate of drug-likeness (QED) is 0.515.